The van der Waals surface area contributed by atoms with E-state index in [4.69, 9.17) is 4.52 Å². The van der Waals surface area contributed by atoms with Crippen LogP contribution in [0.25, 0.3) is 5.69 Å². The zero-order valence-corrected chi connectivity index (χ0v) is 16.8. The zero-order chi connectivity index (χ0) is 20.3. The van der Waals surface area contributed by atoms with Crippen molar-refractivity contribution in [2.75, 3.05) is 25.2 Å². The molecule has 0 bridgehead atoms. The van der Waals surface area contributed by atoms with E-state index in [2.05, 4.69) is 20.7 Å². The Kier molecular flexibility index (Phi) is 6.10. The van der Waals surface area contributed by atoms with Crippen molar-refractivity contribution in [3.8, 4) is 5.69 Å². The fourth-order valence-electron chi connectivity index (χ4n) is 2.44. The summed E-state index contributed by atoms with van der Waals surface area (Å²) in [7, 11) is 3.88. The molecule has 1 atom stereocenters. The van der Waals surface area contributed by atoms with E-state index in [1.807, 2.05) is 30.5 Å². The van der Waals surface area contributed by atoms with Gasteiger partial charge in [0, 0.05) is 11.8 Å². The number of anilines is 1. The normalized spacial score (nSPS) is 12.4. The maximum Gasteiger partial charge on any atom is 0.236 e. The van der Waals surface area contributed by atoms with Crippen LogP contribution in [-0.4, -0.2) is 50.6 Å². The number of aromatic nitrogens is 4. The molecule has 1 aromatic carbocycles. The highest BCUT2D eigenvalue weighted by atomic mass is 32.2. The number of thioether (sulfide) groups is 1. The number of nitrogens with zero attached hydrogens (tertiary/aromatic N) is 5. The largest absolute Gasteiger partial charge is 0.360 e. The van der Waals surface area contributed by atoms with Crippen molar-refractivity contribution in [3.63, 3.8) is 0 Å². The van der Waals surface area contributed by atoms with Crippen LogP contribution in [0.15, 0.2) is 40.0 Å². The molecule has 0 aliphatic rings. The van der Waals surface area contributed by atoms with Gasteiger partial charge in [0.15, 0.2) is 16.8 Å². The van der Waals surface area contributed by atoms with Crippen molar-refractivity contribution in [1.82, 2.24) is 24.8 Å². The van der Waals surface area contributed by atoms with E-state index < -0.39 is 0 Å². The molecule has 2 aromatic heterocycles. The van der Waals surface area contributed by atoms with Crippen molar-refractivity contribution in [1.29, 1.82) is 0 Å². The highest BCUT2D eigenvalue weighted by Crippen LogP contribution is 2.27. The summed E-state index contributed by atoms with van der Waals surface area (Å²) >= 11 is 1.24. The Morgan fingerprint density at radius 1 is 1.32 bits per heavy atom. The van der Waals surface area contributed by atoms with E-state index >= 15 is 0 Å². The zero-order valence-electron chi connectivity index (χ0n) is 16.0. The maximum absolute atomic E-state index is 13.4. The summed E-state index contributed by atoms with van der Waals surface area (Å²) in [5.74, 6) is 1.23. The number of halogens is 1. The van der Waals surface area contributed by atoms with Crippen LogP contribution < -0.4 is 5.32 Å². The molecule has 0 fully saturated rings. The van der Waals surface area contributed by atoms with Crippen LogP contribution in [0.3, 0.4) is 0 Å². The highest BCUT2D eigenvalue weighted by Gasteiger charge is 2.21. The van der Waals surface area contributed by atoms with E-state index in [9.17, 15) is 9.18 Å². The Labute approximate surface area is 166 Å². The third kappa shape index (κ3) is 4.57. The molecule has 0 aliphatic carbocycles. The van der Waals surface area contributed by atoms with Gasteiger partial charge in [0.25, 0.3) is 0 Å². The van der Waals surface area contributed by atoms with Gasteiger partial charge in [-0.2, -0.15) is 0 Å². The second-order valence-electron chi connectivity index (χ2n) is 6.45. The maximum atomic E-state index is 13.4. The number of carbonyl (C=O) groups is 1. The van der Waals surface area contributed by atoms with Gasteiger partial charge in [-0.1, -0.05) is 16.9 Å². The van der Waals surface area contributed by atoms with Crippen LogP contribution >= 0.6 is 11.8 Å². The number of benzene rings is 1. The summed E-state index contributed by atoms with van der Waals surface area (Å²) in [5, 5.41) is 15.5. The quantitative estimate of drug-likeness (QED) is 0.606. The van der Waals surface area contributed by atoms with Gasteiger partial charge in [-0.3, -0.25) is 14.3 Å². The molecule has 1 amide bonds. The predicted octanol–water partition coefficient (Wildman–Crippen LogP) is 3.06. The molecule has 0 aliphatic heterocycles. The summed E-state index contributed by atoms with van der Waals surface area (Å²) in [6.07, 6.45) is 0. The Morgan fingerprint density at radius 3 is 2.64 bits per heavy atom. The fraction of sp³-hybridized carbons (Fsp3) is 0.333. The van der Waals surface area contributed by atoms with Crippen molar-refractivity contribution in [3.05, 3.63) is 47.7 Å². The first-order chi connectivity index (χ1) is 13.3. The average molecular weight is 404 g/mol. The number of rotatable bonds is 7. The lowest BCUT2D eigenvalue weighted by molar-refractivity contribution is -0.113. The third-order valence-electron chi connectivity index (χ3n) is 4.12. The van der Waals surface area contributed by atoms with Crippen LogP contribution in [0.2, 0.25) is 0 Å². The van der Waals surface area contributed by atoms with Gasteiger partial charge in [-0.05, 0) is 52.2 Å². The topological polar surface area (TPSA) is 89.1 Å². The number of carbonyl (C=O) groups excluding carboxylic acids is 1. The average Bonchev–Trinajstić information content (AvgIpc) is 3.26. The summed E-state index contributed by atoms with van der Waals surface area (Å²) in [6, 6.07) is 7.69. The molecule has 10 heteroatoms. The third-order valence-corrected chi connectivity index (χ3v) is 5.05. The van der Waals surface area contributed by atoms with Gasteiger partial charge >= 0.3 is 0 Å². The van der Waals surface area contributed by atoms with Crippen LogP contribution in [0.5, 0.6) is 0 Å². The van der Waals surface area contributed by atoms with Gasteiger partial charge in [0.05, 0.1) is 11.8 Å². The molecule has 0 radical (unpaired) electrons. The number of aryl methyl sites for hydroxylation is 1. The Bertz CT molecular complexity index is 953. The van der Waals surface area contributed by atoms with E-state index in [1.165, 1.54) is 23.9 Å². The van der Waals surface area contributed by atoms with Gasteiger partial charge in [-0.15, -0.1) is 10.2 Å². The summed E-state index contributed by atoms with van der Waals surface area (Å²) in [5.41, 5.74) is 0.727. The molecule has 0 saturated heterocycles. The standard InChI is InChI=1S/C18H21FN6O2S/c1-11-9-15(23-27-11)20-16(26)10-28-18-22-21-17(12(2)24(3)4)25(18)14-7-5-13(19)6-8-14/h5-9,12H,10H2,1-4H3,(H,20,23,26)/t12-/m1/s1. The Balaban J connectivity index is 1.82. The smallest absolute Gasteiger partial charge is 0.236 e. The van der Waals surface area contributed by atoms with Crippen molar-refractivity contribution in [2.45, 2.75) is 25.0 Å². The minimum absolute atomic E-state index is 0.0289. The lowest BCUT2D eigenvalue weighted by Crippen LogP contribution is -2.21. The number of nitrogens with one attached hydrogen (secondary N) is 1. The van der Waals surface area contributed by atoms with Gasteiger partial charge < -0.3 is 9.84 Å². The predicted molar refractivity (Wildman–Crippen MR) is 104 cm³/mol. The first kappa shape index (κ1) is 20.0. The highest BCUT2D eigenvalue weighted by molar-refractivity contribution is 7.99. The SMILES string of the molecule is Cc1cc(NC(=O)CSc2nnc([C@@H](C)N(C)C)n2-c2ccc(F)cc2)no1. The van der Waals surface area contributed by atoms with Crippen molar-refractivity contribution >= 4 is 23.5 Å². The lowest BCUT2D eigenvalue weighted by atomic mass is 10.2. The van der Waals surface area contributed by atoms with Crippen LogP contribution in [0, 0.1) is 12.7 Å². The number of hydrogen-bond donors (Lipinski definition) is 1. The van der Waals surface area contributed by atoms with E-state index in [0.29, 0.717) is 22.6 Å². The van der Waals surface area contributed by atoms with Crippen molar-refractivity contribution < 1.29 is 13.7 Å². The van der Waals surface area contributed by atoms with Gasteiger partial charge in [0.1, 0.15) is 11.6 Å². The van der Waals surface area contributed by atoms with E-state index in [0.717, 1.165) is 5.69 Å². The van der Waals surface area contributed by atoms with Crippen LogP contribution in [0.4, 0.5) is 10.2 Å². The van der Waals surface area contributed by atoms with Gasteiger partial charge in [0.2, 0.25) is 5.91 Å². The molecule has 3 rings (SSSR count). The molecule has 0 unspecified atom stereocenters. The summed E-state index contributed by atoms with van der Waals surface area (Å²) < 4.78 is 20.1. The summed E-state index contributed by atoms with van der Waals surface area (Å²) in [4.78, 5) is 14.2. The molecule has 3 aromatic rings. The summed E-state index contributed by atoms with van der Waals surface area (Å²) in [6.45, 7) is 3.74. The van der Waals surface area contributed by atoms with Crippen LogP contribution in [-0.2, 0) is 4.79 Å². The number of hydrogen-bond acceptors (Lipinski definition) is 7. The molecule has 8 nitrogen and oxygen atoms in total. The fourth-order valence-corrected chi connectivity index (χ4v) is 3.20. The molecule has 2 heterocycles. The minimum Gasteiger partial charge on any atom is -0.360 e. The van der Waals surface area contributed by atoms with E-state index in [-0.39, 0.29) is 23.5 Å². The van der Waals surface area contributed by atoms with Crippen molar-refractivity contribution in [2.24, 2.45) is 0 Å². The minimum atomic E-state index is -0.324. The van der Waals surface area contributed by atoms with Crippen LogP contribution in [0.1, 0.15) is 24.6 Å². The lowest BCUT2D eigenvalue weighted by Gasteiger charge is -2.20. The molecule has 28 heavy (non-hydrogen) atoms. The molecular formula is C18H21FN6O2S. The monoisotopic (exact) mass is 404 g/mol. The first-order valence-corrected chi connectivity index (χ1v) is 9.57. The first-order valence-electron chi connectivity index (χ1n) is 8.59. The second kappa shape index (κ2) is 8.53. The Morgan fingerprint density at radius 2 is 2.04 bits per heavy atom. The number of amides is 1. The second-order valence-corrected chi connectivity index (χ2v) is 7.39. The van der Waals surface area contributed by atoms with E-state index in [1.54, 1.807) is 25.1 Å². The molecule has 0 spiro atoms. The Hall–Kier alpha value is -2.72. The van der Waals surface area contributed by atoms with Gasteiger partial charge in [-0.25, -0.2) is 4.39 Å². The molecule has 148 valence electrons. The molecular weight excluding hydrogens is 383 g/mol. The molecule has 1 N–H and O–H groups in total. The molecule has 0 saturated carbocycles.